The minimum absolute atomic E-state index is 0.147. The Kier molecular flexibility index (Phi) is 3.15. The highest BCUT2D eigenvalue weighted by Gasteiger charge is 2.25. The van der Waals surface area contributed by atoms with Crippen molar-refractivity contribution in [3.05, 3.63) is 33.3 Å². The van der Waals surface area contributed by atoms with Gasteiger partial charge in [0.05, 0.1) is 0 Å². The van der Waals surface area contributed by atoms with E-state index in [-0.39, 0.29) is 6.04 Å². The van der Waals surface area contributed by atoms with Gasteiger partial charge >= 0.3 is 0 Å². The highest BCUT2D eigenvalue weighted by Crippen LogP contribution is 2.38. The van der Waals surface area contributed by atoms with Crippen molar-refractivity contribution in [2.45, 2.75) is 25.3 Å². The summed E-state index contributed by atoms with van der Waals surface area (Å²) in [6, 6.07) is 5.96. The Morgan fingerprint density at radius 3 is 2.79 bits per heavy atom. The van der Waals surface area contributed by atoms with E-state index in [9.17, 15) is 0 Å². The molecule has 0 unspecified atom stereocenters. The van der Waals surface area contributed by atoms with Crippen LogP contribution in [0.25, 0.3) is 0 Å². The first kappa shape index (κ1) is 10.5. The molecule has 1 atom stereocenters. The molecule has 1 nitrogen and oxygen atoms in total. The molecule has 0 amide bonds. The van der Waals surface area contributed by atoms with Gasteiger partial charge in [-0.3, -0.25) is 0 Å². The van der Waals surface area contributed by atoms with Crippen LogP contribution >= 0.6 is 27.5 Å². The molecule has 2 N–H and O–H groups in total. The van der Waals surface area contributed by atoms with E-state index in [0.29, 0.717) is 0 Å². The molecular weight excluding hydrogens is 261 g/mol. The van der Waals surface area contributed by atoms with Crippen molar-refractivity contribution in [1.29, 1.82) is 0 Å². The monoisotopic (exact) mass is 273 g/mol. The summed E-state index contributed by atoms with van der Waals surface area (Å²) < 4.78 is 1.03. The molecule has 0 radical (unpaired) electrons. The molecule has 1 aliphatic rings. The van der Waals surface area contributed by atoms with Crippen molar-refractivity contribution < 1.29 is 0 Å². The van der Waals surface area contributed by atoms with E-state index < -0.39 is 0 Å². The van der Waals surface area contributed by atoms with Crippen molar-refractivity contribution in [3.8, 4) is 0 Å². The molecule has 1 saturated carbocycles. The van der Waals surface area contributed by atoms with Gasteiger partial charge in [-0.1, -0.05) is 46.4 Å². The van der Waals surface area contributed by atoms with E-state index in [1.807, 2.05) is 18.2 Å². The minimum atomic E-state index is 0.147. The molecule has 1 aliphatic carbocycles. The smallest absolute Gasteiger partial charge is 0.0417 e. The second-order valence-electron chi connectivity index (χ2n) is 3.95. The molecule has 14 heavy (non-hydrogen) atoms. The maximum atomic E-state index is 6.11. The zero-order valence-corrected chi connectivity index (χ0v) is 10.2. The molecule has 0 saturated heterocycles. The fraction of sp³-hybridized carbons (Fsp3) is 0.455. The molecule has 76 valence electrons. The summed E-state index contributed by atoms with van der Waals surface area (Å²) in [5.74, 6) is 0.854. The summed E-state index contributed by atoms with van der Waals surface area (Å²) in [4.78, 5) is 0. The predicted octanol–water partition coefficient (Wildman–Crippen LogP) is 3.90. The molecule has 3 heteroatoms. The first-order valence-electron chi connectivity index (χ1n) is 4.87. The number of hydrogen-bond donors (Lipinski definition) is 1. The maximum Gasteiger partial charge on any atom is 0.0417 e. The van der Waals surface area contributed by atoms with E-state index in [0.717, 1.165) is 21.8 Å². The summed E-state index contributed by atoms with van der Waals surface area (Å²) in [5, 5.41) is 0.749. The quantitative estimate of drug-likeness (QED) is 0.889. The van der Waals surface area contributed by atoms with E-state index in [4.69, 9.17) is 17.3 Å². The van der Waals surface area contributed by atoms with E-state index in [2.05, 4.69) is 15.9 Å². The predicted molar refractivity (Wildman–Crippen MR) is 63.4 cm³/mol. The molecule has 1 aromatic carbocycles. The van der Waals surface area contributed by atoms with Gasteiger partial charge in [-0.2, -0.15) is 0 Å². The summed E-state index contributed by atoms with van der Waals surface area (Å²) in [7, 11) is 0. The molecular formula is C11H13BrClN. The number of rotatable bonds is 3. The van der Waals surface area contributed by atoms with Gasteiger partial charge in [0.15, 0.2) is 0 Å². The molecule has 1 aromatic rings. The van der Waals surface area contributed by atoms with Gasteiger partial charge < -0.3 is 5.73 Å². The summed E-state index contributed by atoms with van der Waals surface area (Å²) in [6.45, 7) is 0. The fourth-order valence-corrected chi connectivity index (χ4v) is 2.62. The maximum absolute atomic E-state index is 6.11. The molecule has 0 heterocycles. The lowest BCUT2D eigenvalue weighted by Crippen LogP contribution is -2.11. The third kappa shape index (κ3) is 2.50. The van der Waals surface area contributed by atoms with Crippen LogP contribution in [0.1, 0.15) is 30.9 Å². The number of hydrogen-bond acceptors (Lipinski definition) is 1. The summed E-state index contributed by atoms with van der Waals surface area (Å²) in [5.41, 5.74) is 7.28. The normalized spacial score (nSPS) is 18.2. The van der Waals surface area contributed by atoms with E-state index >= 15 is 0 Å². The van der Waals surface area contributed by atoms with Gasteiger partial charge in [0.1, 0.15) is 0 Å². The van der Waals surface area contributed by atoms with Crippen LogP contribution in [0.4, 0.5) is 0 Å². The Balaban J connectivity index is 2.13. The van der Waals surface area contributed by atoms with Crippen molar-refractivity contribution >= 4 is 27.5 Å². The summed E-state index contributed by atoms with van der Waals surface area (Å²) in [6.07, 6.45) is 3.79. The lowest BCUT2D eigenvalue weighted by atomic mass is 10.0. The Morgan fingerprint density at radius 2 is 2.21 bits per heavy atom. The van der Waals surface area contributed by atoms with Crippen LogP contribution in [-0.2, 0) is 0 Å². The van der Waals surface area contributed by atoms with Gasteiger partial charge in [0.2, 0.25) is 0 Å². The average molecular weight is 275 g/mol. The van der Waals surface area contributed by atoms with Crippen LogP contribution in [-0.4, -0.2) is 0 Å². The highest BCUT2D eigenvalue weighted by molar-refractivity contribution is 9.10. The Bertz CT molecular complexity index is 336. The van der Waals surface area contributed by atoms with E-state index in [1.54, 1.807) is 0 Å². The lowest BCUT2D eigenvalue weighted by Gasteiger charge is -2.13. The third-order valence-electron chi connectivity index (χ3n) is 2.65. The van der Waals surface area contributed by atoms with Crippen LogP contribution in [0.15, 0.2) is 22.7 Å². The molecule has 0 bridgehead atoms. The fourth-order valence-electron chi connectivity index (χ4n) is 1.64. The van der Waals surface area contributed by atoms with E-state index in [1.165, 1.54) is 18.4 Å². The summed E-state index contributed by atoms with van der Waals surface area (Å²) >= 11 is 9.36. The minimum Gasteiger partial charge on any atom is -0.324 e. The van der Waals surface area contributed by atoms with Crippen molar-refractivity contribution in [1.82, 2.24) is 0 Å². The average Bonchev–Trinajstić information content (AvgIpc) is 2.87. The third-order valence-corrected chi connectivity index (χ3v) is 3.57. The highest BCUT2D eigenvalue weighted by atomic mass is 79.9. The van der Waals surface area contributed by atoms with Crippen LogP contribution in [0.3, 0.4) is 0 Å². The second-order valence-corrected chi connectivity index (χ2v) is 5.24. The number of nitrogens with two attached hydrogens (primary N) is 1. The topological polar surface area (TPSA) is 26.0 Å². The molecule has 2 rings (SSSR count). The van der Waals surface area contributed by atoms with Crippen LogP contribution < -0.4 is 5.73 Å². The SMILES string of the molecule is N[C@H](CC1CC1)c1ccc(Cl)cc1Br. The molecule has 1 fully saturated rings. The standard InChI is InChI=1S/C11H13BrClN/c12-10-6-8(13)3-4-9(10)11(14)5-7-1-2-7/h3-4,6-7,11H,1-2,5,14H2/t11-/m1/s1. The second kappa shape index (κ2) is 4.21. The Labute approximate surface area is 97.8 Å². The number of benzene rings is 1. The van der Waals surface area contributed by atoms with Gasteiger partial charge in [-0.15, -0.1) is 0 Å². The largest absolute Gasteiger partial charge is 0.324 e. The first-order chi connectivity index (χ1) is 6.66. The number of halogens is 2. The first-order valence-corrected chi connectivity index (χ1v) is 6.04. The Morgan fingerprint density at radius 1 is 1.50 bits per heavy atom. The van der Waals surface area contributed by atoms with Gasteiger partial charge in [0.25, 0.3) is 0 Å². The van der Waals surface area contributed by atoms with Gasteiger partial charge in [-0.05, 0) is 30.0 Å². The van der Waals surface area contributed by atoms with Gasteiger partial charge in [0, 0.05) is 15.5 Å². The van der Waals surface area contributed by atoms with Crippen LogP contribution in [0.5, 0.6) is 0 Å². The molecule has 0 aliphatic heterocycles. The molecule has 0 spiro atoms. The zero-order valence-electron chi connectivity index (χ0n) is 7.84. The molecule has 0 aromatic heterocycles. The van der Waals surface area contributed by atoms with Crippen LogP contribution in [0, 0.1) is 5.92 Å². The van der Waals surface area contributed by atoms with Crippen molar-refractivity contribution in [2.75, 3.05) is 0 Å². The van der Waals surface area contributed by atoms with Crippen molar-refractivity contribution in [2.24, 2.45) is 11.7 Å². The lowest BCUT2D eigenvalue weighted by molar-refractivity contribution is 0.595. The van der Waals surface area contributed by atoms with Crippen molar-refractivity contribution in [3.63, 3.8) is 0 Å². The van der Waals surface area contributed by atoms with Crippen LogP contribution in [0.2, 0.25) is 5.02 Å². The Hall–Kier alpha value is -0.0500. The zero-order chi connectivity index (χ0) is 10.1. The van der Waals surface area contributed by atoms with Gasteiger partial charge in [-0.25, -0.2) is 0 Å².